The number of carboxylic acids is 1. The number of hydrogen-bond donors (Lipinski definition) is 4. The molecule has 0 amide bonds. The fourth-order valence-electron chi connectivity index (χ4n) is 1.66. The van der Waals surface area contributed by atoms with Gasteiger partial charge in [0.2, 0.25) is 10.0 Å². The Labute approximate surface area is 120 Å². The number of carboxylic acid groups (broad SMARTS) is 1. The molecule has 1 aromatic carbocycles. The molecule has 0 saturated heterocycles. The van der Waals surface area contributed by atoms with Crippen molar-refractivity contribution in [2.75, 3.05) is 12.3 Å². The number of carbonyl (C=O) groups is 1. The van der Waals surface area contributed by atoms with Crippen molar-refractivity contribution >= 4 is 21.7 Å². The second-order valence-corrected chi connectivity index (χ2v) is 5.87. The topological polar surface area (TPSA) is 151 Å². The van der Waals surface area contributed by atoms with Crippen LogP contribution in [-0.2, 0) is 16.4 Å². The molecule has 0 spiro atoms. The summed E-state index contributed by atoms with van der Waals surface area (Å²) in [6.45, 7) is 0.109. The normalized spacial score (nSPS) is 11.4. The number of H-pyrrole nitrogens is 1. The maximum absolute atomic E-state index is 12.1. The number of sulfonamides is 1. The van der Waals surface area contributed by atoms with Gasteiger partial charge in [-0.05, 0) is 18.2 Å². The zero-order valence-electron chi connectivity index (χ0n) is 10.8. The summed E-state index contributed by atoms with van der Waals surface area (Å²) >= 11 is 0. The molecular weight excluding hydrogens is 298 g/mol. The molecule has 0 fully saturated rings. The average Bonchev–Trinajstić information content (AvgIpc) is 2.91. The van der Waals surface area contributed by atoms with Crippen molar-refractivity contribution < 1.29 is 18.3 Å². The van der Waals surface area contributed by atoms with Crippen LogP contribution in [0, 0.1) is 0 Å². The lowest BCUT2D eigenvalue weighted by molar-refractivity contribution is 0.0697. The van der Waals surface area contributed by atoms with Gasteiger partial charge in [-0.1, -0.05) is 0 Å². The van der Waals surface area contributed by atoms with Gasteiger partial charge in [-0.2, -0.15) is 5.10 Å². The van der Waals surface area contributed by atoms with Crippen LogP contribution in [0.3, 0.4) is 0 Å². The van der Waals surface area contributed by atoms with Crippen LogP contribution < -0.4 is 10.5 Å². The van der Waals surface area contributed by atoms with Crippen molar-refractivity contribution in [3.05, 3.63) is 35.9 Å². The summed E-state index contributed by atoms with van der Waals surface area (Å²) in [5.74, 6) is -0.629. The van der Waals surface area contributed by atoms with Gasteiger partial charge in [0.05, 0.1) is 11.3 Å². The van der Waals surface area contributed by atoms with E-state index in [9.17, 15) is 13.2 Å². The van der Waals surface area contributed by atoms with E-state index in [0.29, 0.717) is 12.2 Å². The van der Waals surface area contributed by atoms with Gasteiger partial charge in [0.1, 0.15) is 17.0 Å². The first-order valence-corrected chi connectivity index (χ1v) is 7.35. The number of nitrogens with two attached hydrogens (primary N) is 1. The molecule has 0 aliphatic carbocycles. The molecule has 1 aromatic heterocycles. The lowest BCUT2D eigenvalue weighted by Crippen LogP contribution is -2.27. The maximum atomic E-state index is 12.1. The Balaban J connectivity index is 2.10. The van der Waals surface area contributed by atoms with Gasteiger partial charge in [0, 0.05) is 13.0 Å². The van der Waals surface area contributed by atoms with Crippen molar-refractivity contribution in [1.29, 1.82) is 0 Å². The lowest BCUT2D eigenvalue weighted by atomic mass is 10.2. The standard InChI is InChI=1S/C11H13N5O4S/c12-8-5-7(11(17)18)1-2-9(8)21(19,20)15-4-3-10-13-6-14-16-10/h1-2,5-6,15H,3-4,12H2,(H,17,18)(H,13,14,16). The number of aromatic nitrogens is 3. The Kier molecular flexibility index (Phi) is 4.19. The minimum Gasteiger partial charge on any atom is -0.478 e. The van der Waals surface area contributed by atoms with Gasteiger partial charge in [-0.25, -0.2) is 22.9 Å². The van der Waals surface area contributed by atoms with E-state index in [1.807, 2.05) is 0 Å². The van der Waals surface area contributed by atoms with E-state index >= 15 is 0 Å². The van der Waals surface area contributed by atoms with Gasteiger partial charge >= 0.3 is 5.97 Å². The summed E-state index contributed by atoms with van der Waals surface area (Å²) in [4.78, 5) is 14.5. The maximum Gasteiger partial charge on any atom is 0.335 e. The summed E-state index contributed by atoms with van der Waals surface area (Å²) < 4.78 is 26.5. The van der Waals surface area contributed by atoms with Crippen LogP contribution in [0.2, 0.25) is 0 Å². The molecule has 10 heteroatoms. The minimum absolute atomic E-state index is 0.0758. The predicted molar refractivity (Wildman–Crippen MR) is 73.1 cm³/mol. The molecular formula is C11H13N5O4S. The summed E-state index contributed by atoms with van der Waals surface area (Å²) in [6.07, 6.45) is 1.67. The van der Waals surface area contributed by atoms with Gasteiger partial charge < -0.3 is 10.8 Å². The summed E-state index contributed by atoms with van der Waals surface area (Å²) in [6, 6.07) is 3.45. The van der Waals surface area contributed by atoms with Crippen LogP contribution in [0.15, 0.2) is 29.4 Å². The molecule has 0 aliphatic rings. The molecule has 0 atom stereocenters. The number of nitrogens with one attached hydrogen (secondary N) is 2. The number of aromatic carboxylic acids is 1. The van der Waals surface area contributed by atoms with E-state index in [1.54, 1.807) is 0 Å². The molecule has 112 valence electrons. The first-order valence-electron chi connectivity index (χ1n) is 5.87. The van der Waals surface area contributed by atoms with E-state index in [-0.39, 0.29) is 22.7 Å². The number of benzene rings is 1. The van der Waals surface area contributed by atoms with Gasteiger partial charge in [0.15, 0.2) is 0 Å². The number of anilines is 1. The van der Waals surface area contributed by atoms with Crippen LogP contribution in [-0.4, -0.2) is 41.2 Å². The van der Waals surface area contributed by atoms with E-state index < -0.39 is 16.0 Å². The van der Waals surface area contributed by atoms with E-state index in [2.05, 4.69) is 19.9 Å². The second kappa shape index (κ2) is 5.89. The SMILES string of the molecule is Nc1cc(C(=O)O)ccc1S(=O)(=O)NCCc1ncn[nH]1. The molecule has 0 unspecified atom stereocenters. The Morgan fingerprint density at radius 1 is 1.43 bits per heavy atom. The quantitative estimate of drug-likeness (QED) is 0.530. The number of nitrogen functional groups attached to an aromatic ring is 1. The van der Waals surface area contributed by atoms with Crippen LogP contribution in [0.5, 0.6) is 0 Å². The summed E-state index contributed by atoms with van der Waals surface area (Å²) in [5, 5.41) is 15.1. The van der Waals surface area contributed by atoms with Crippen LogP contribution in [0.4, 0.5) is 5.69 Å². The second-order valence-electron chi connectivity index (χ2n) is 4.14. The Morgan fingerprint density at radius 2 is 2.19 bits per heavy atom. The third-order valence-corrected chi connectivity index (χ3v) is 4.20. The zero-order valence-corrected chi connectivity index (χ0v) is 11.6. The number of hydrogen-bond acceptors (Lipinski definition) is 6. The molecule has 9 nitrogen and oxygen atoms in total. The van der Waals surface area contributed by atoms with E-state index in [4.69, 9.17) is 10.8 Å². The predicted octanol–water partition coefficient (Wildman–Crippen LogP) is -0.394. The third kappa shape index (κ3) is 3.55. The number of nitrogens with zero attached hydrogens (tertiary/aromatic N) is 2. The van der Waals surface area contributed by atoms with Crippen molar-refractivity contribution in [3.63, 3.8) is 0 Å². The molecule has 2 aromatic rings. The largest absolute Gasteiger partial charge is 0.478 e. The zero-order chi connectivity index (χ0) is 15.5. The fourth-order valence-corrected chi connectivity index (χ4v) is 2.80. The molecule has 0 bridgehead atoms. The van der Waals surface area contributed by atoms with Crippen molar-refractivity contribution in [2.45, 2.75) is 11.3 Å². The average molecular weight is 311 g/mol. The van der Waals surface area contributed by atoms with Gasteiger partial charge in [-0.3, -0.25) is 5.10 Å². The van der Waals surface area contributed by atoms with Gasteiger partial charge in [-0.15, -0.1) is 0 Å². The molecule has 0 radical (unpaired) electrons. The lowest BCUT2D eigenvalue weighted by Gasteiger charge is -2.09. The number of rotatable bonds is 6. The first kappa shape index (κ1) is 14.9. The molecule has 5 N–H and O–H groups in total. The van der Waals surface area contributed by atoms with Crippen LogP contribution in [0.25, 0.3) is 0 Å². The van der Waals surface area contributed by atoms with Crippen LogP contribution in [0.1, 0.15) is 16.2 Å². The Bertz CT molecular complexity index is 742. The summed E-state index contributed by atoms with van der Waals surface area (Å²) in [7, 11) is -3.82. The molecule has 2 rings (SSSR count). The highest BCUT2D eigenvalue weighted by Crippen LogP contribution is 2.19. The highest BCUT2D eigenvalue weighted by molar-refractivity contribution is 7.89. The molecule has 1 heterocycles. The minimum atomic E-state index is -3.82. The molecule has 0 saturated carbocycles. The van der Waals surface area contributed by atoms with E-state index in [0.717, 1.165) is 12.1 Å². The number of aromatic amines is 1. The molecule has 0 aliphatic heterocycles. The molecule has 21 heavy (non-hydrogen) atoms. The highest BCUT2D eigenvalue weighted by Gasteiger charge is 2.18. The van der Waals surface area contributed by atoms with Crippen molar-refractivity contribution in [1.82, 2.24) is 19.9 Å². The van der Waals surface area contributed by atoms with Crippen LogP contribution >= 0.6 is 0 Å². The Hall–Kier alpha value is -2.46. The van der Waals surface area contributed by atoms with E-state index in [1.165, 1.54) is 12.4 Å². The summed E-state index contributed by atoms with van der Waals surface area (Å²) in [5.41, 5.74) is 5.40. The Morgan fingerprint density at radius 3 is 2.76 bits per heavy atom. The first-order chi connectivity index (χ1) is 9.90. The van der Waals surface area contributed by atoms with Crippen molar-refractivity contribution in [2.24, 2.45) is 0 Å². The fraction of sp³-hybridized carbons (Fsp3) is 0.182. The van der Waals surface area contributed by atoms with Gasteiger partial charge in [0.25, 0.3) is 0 Å². The smallest absolute Gasteiger partial charge is 0.335 e. The van der Waals surface area contributed by atoms with Crippen molar-refractivity contribution in [3.8, 4) is 0 Å². The highest BCUT2D eigenvalue weighted by atomic mass is 32.2. The third-order valence-electron chi connectivity index (χ3n) is 2.67. The monoisotopic (exact) mass is 311 g/mol.